The average Bonchev–Trinajstić information content (AvgIpc) is 3.25. The van der Waals surface area contributed by atoms with E-state index in [2.05, 4.69) is 10.3 Å². The topological polar surface area (TPSA) is 94.3 Å². The van der Waals surface area contributed by atoms with E-state index in [1.54, 1.807) is 11.3 Å². The smallest absolute Gasteiger partial charge is 0.328 e. The predicted octanol–water partition coefficient (Wildman–Crippen LogP) is 1.74. The van der Waals surface area contributed by atoms with Crippen molar-refractivity contribution in [1.29, 1.82) is 0 Å². The second-order valence-electron chi connectivity index (χ2n) is 6.86. The minimum absolute atomic E-state index is 0.184. The summed E-state index contributed by atoms with van der Waals surface area (Å²) in [5.41, 5.74) is 8.91. The first kappa shape index (κ1) is 17.4. The summed E-state index contributed by atoms with van der Waals surface area (Å²) in [6.07, 6.45) is 6.63. The van der Waals surface area contributed by atoms with Crippen molar-refractivity contribution in [3.8, 4) is 0 Å². The molecule has 132 valence electrons. The summed E-state index contributed by atoms with van der Waals surface area (Å²) in [6.45, 7) is 0. The van der Waals surface area contributed by atoms with Gasteiger partial charge in [-0.05, 0) is 38.0 Å². The number of hydrogen-bond acceptors (Lipinski definition) is 6. The number of amides is 1. The van der Waals surface area contributed by atoms with Crippen LogP contribution in [0.15, 0.2) is 5.51 Å². The Hall–Kier alpha value is -1.47. The van der Waals surface area contributed by atoms with Crippen LogP contribution in [0.1, 0.15) is 55.0 Å². The van der Waals surface area contributed by atoms with E-state index in [9.17, 15) is 9.59 Å². The molecule has 0 radical (unpaired) electrons. The molecule has 0 aliphatic heterocycles. The summed E-state index contributed by atoms with van der Waals surface area (Å²) in [6, 6.07) is -1.21. The molecule has 2 aliphatic rings. The van der Waals surface area contributed by atoms with E-state index < -0.39 is 18.1 Å². The number of hydrogen-bond donors (Lipinski definition) is 2. The Labute approximate surface area is 146 Å². The summed E-state index contributed by atoms with van der Waals surface area (Å²) in [5, 5.41) is 2.81. The molecule has 1 heterocycles. The van der Waals surface area contributed by atoms with Crippen LogP contribution in [0.25, 0.3) is 0 Å². The fraction of sp³-hybridized carbons (Fsp3) is 0.706. The zero-order chi connectivity index (χ0) is 17.1. The maximum Gasteiger partial charge on any atom is 0.328 e. The lowest BCUT2D eigenvalue weighted by Crippen LogP contribution is -2.49. The van der Waals surface area contributed by atoms with E-state index in [4.69, 9.17) is 10.5 Å². The van der Waals surface area contributed by atoms with Gasteiger partial charge in [0, 0.05) is 10.8 Å². The van der Waals surface area contributed by atoms with Gasteiger partial charge in [0.25, 0.3) is 0 Å². The number of aromatic nitrogens is 1. The van der Waals surface area contributed by atoms with Crippen molar-refractivity contribution in [2.75, 3.05) is 7.11 Å². The van der Waals surface area contributed by atoms with Gasteiger partial charge in [-0.2, -0.15) is 0 Å². The molecule has 3 unspecified atom stereocenters. The van der Waals surface area contributed by atoms with E-state index in [-0.39, 0.29) is 11.8 Å². The van der Waals surface area contributed by atoms with Gasteiger partial charge in [0.05, 0.1) is 24.4 Å². The first-order valence-corrected chi connectivity index (χ1v) is 9.52. The van der Waals surface area contributed by atoms with E-state index in [1.807, 2.05) is 5.51 Å². The number of nitrogens with zero attached hydrogens (tertiary/aromatic N) is 1. The van der Waals surface area contributed by atoms with Crippen LogP contribution in [-0.2, 0) is 20.7 Å². The Bertz CT molecular complexity index is 600. The van der Waals surface area contributed by atoms with Crippen molar-refractivity contribution in [3.05, 3.63) is 16.1 Å². The van der Waals surface area contributed by atoms with Crippen LogP contribution in [0.5, 0.6) is 0 Å². The fourth-order valence-corrected chi connectivity index (χ4v) is 4.31. The van der Waals surface area contributed by atoms with Crippen LogP contribution in [0.2, 0.25) is 0 Å². The zero-order valence-corrected chi connectivity index (χ0v) is 14.8. The van der Waals surface area contributed by atoms with Crippen molar-refractivity contribution in [3.63, 3.8) is 0 Å². The number of nitrogens with two attached hydrogens (primary N) is 1. The molecule has 3 N–H and O–H groups in total. The van der Waals surface area contributed by atoms with Crippen LogP contribution >= 0.6 is 11.3 Å². The number of aryl methyl sites for hydroxylation is 1. The molecule has 3 atom stereocenters. The summed E-state index contributed by atoms with van der Waals surface area (Å²) in [4.78, 5) is 30.2. The third-order valence-corrected chi connectivity index (χ3v) is 5.87. The van der Waals surface area contributed by atoms with Gasteiger partial charge in [-0.25, -0.2) is 9.78 Å². The van der Waals surface area contributed by atoms with Crippen molar-refractivity contribution < 1.29 is 14.3 Å². The second kappa shape index (κ2) is 7.61. The monoisotopic (exact) mass is 351 g/mol. The Balaban J connectivity index is 1.64. The lowest BCUT2D eigenvalue weighted by Gasteiger charge is -2.26. The minimum atomic E-state index is -0.662. The minimum Gasteiger partial charge on any atom is -0.467 e. The van der Waals surface area contributed by atoms with Crippen molar-refractivity contribution >= 4 is 23.2 Å². The Kier molecular flexibility index (Phi) is 5.50. The van der Waals surface area contributed by atoms with Crippen LogP contribution in [0.3, 0.4) is 0 Å². The number of ether oxygens (including phenoxy) is 1. The van der Waals surface area contributed by atoms with Gasteiger partial charge in [-0.1, -0.05) is 12.8 Å². The number of carbonyl (C=O) groups excluding carboxylic acids is 2. The molecule has 24 heavy (non-hydrogen) atoms. The summed E-state index contributed by atoms with van der Waals surface area (Å²) < 4.78 is 4.89. The molecule has 6 nitrogen and oxygen atoms in total. The van der Waals surface area contributed by atoms with E-state index >= 15 is 0 Å². The van der Waals surface area contributed by atoms with Crippen molar-refractivity contribution in [1.82, 2.24) is 10.3 Å². The Morgan fingerprint density at radius 3 is 2.92 bits per heavy atom. The van der Waals surface area contributed by atoms with E-state index in [1.165, 1.54) is 12.0 Å². The number of thiazole rings is 1. The van der Waals surface area contributed by atoms with Gasteiger partial charge in [-0.15, -0.1) is 11.3 Å². The largest absolute Gasteiger partial charge is 0.467 e. The molecule has 1 amide bonds. The first-order chi connectivity index (χ1) is 11.6. The normalized spacial score (nSPS) is 22.3. The van der Waals surface area contributed by atoms with Gasteiger partial charge < -0.3 is 15.8 Å². The summed E-state index contributed by atoms with van der Waals surface area (Å²) >= 11 is 1.67. The van der Waals surface area contributed by atoms with Gasteiger partial charge in [0.15, 0.2) is 0 Å². The lowest BCUT2D eigenvalue weighted by molar-refractivity contribution is -0.145. The van der Waals surface area contributed by atoms with Crippen LogP contribution in [0.4, 0.5) is 0 Å². The fourth-order valence-electron chi connectivity index (χ4n) is 3.41. The Morgan fingerprint density at radius 2 is 2.21 bits per heavy atom. The number of methoxy groups -OCH3 is 1. The standard InChI is InChI=1S/C17H25N3O3S/c1-23-17(22)13(20-16(21)12(18)7-10-5-6-10)8-11-3-2-4-14-15(11)19-9-24-14/h9-13H,2-8,18H2,1H3,(H,20,21). The molecule has 1 aromatic heterocycles. The molecule has 7 heteroatoms. The third kappa shape index (κ3) is 4.13. The number of esters is 1. The van der Waals surface area contributed by atoms with E-state index in [0.29, 0.717) is 18.8 Å². The molecule has 3 rings (SSSR count). The van der Waals surface area contributed by atoms with Gasteiger partial charge in [-0.3, -0.25) is 4.79 Å². The van der Waals surface area contributed by atoms with Crippen LogP contribution in [0, 0.1) is 5.92 Å². The molecule has 0 bridgehead atoms. The molecule has 1 fully saturated rings. The maximum atomic E-state index is 12.3. The Morgan fingerprint density at radius 1 is 1.42 bits per heavy atom. The first-order valence-electron chi connectivity index (χ1n) is 8.64. The van der Waals surface area contributed by atoms with E-state index in [0.717, 1.165) is 37.8 Å². The highest BCUT2D eigenvalue weighted by atomic mass is 32.1. The van der Waals surface area contributed by atoms with Gasteiger partial charge in [0.1, 0.15) is 6.04 Å². The number of fused-ring (bicyclic) bond motifs is 1. The zero-order valence-electron chi connectivity index (χ0n) is 14.0. The van der Waals surface area contributed by atoms with Gasteiger partial charge in [0.2, 0.25) is 5.91 Å². The predicted molar refractivity (Wildman–Crippen MR) is 91.7 cm³/mol. The van der Waals surface area contributed by atoms with Crippen molar-refractivity contribution in [2.45, 2.75) is 62.9 Å². The maximum absolute atomic E-state index is 12.3. The molecule has 0 saturated heterocycles. The highest BCUT2D eigenvalue weighted by molar-refractivity contribution is 7.09. The average molecular weight is 351 g/mol. The molecule has 1 aromatic rings. The molecule has 1 saturated carbocycles. The summed E-state index contributed by atoms with van der Waals surface area (Å²) in [7, 11) is 1.35. The molecule has 0 aromatic carbocycles. The SMILES string of the molecule is COC(=O)C(CC1CCCc2scnc21)NC(=O)C(N)CC1CC1. The molecule has 0 spiro atoms. The number of carbonyl (C=O) groups is 2. The number of nitrogens with one attached hydrogen (secondary N) is 1. The molecular weight excluding hydrogens is 326 g/mol. The quantitative estimate of drug-likeness (QED) is 0.730. The molecule has 2 aliphatic carbocycles. The van der Waals surface area contributed by atoms with Crippen LogP contribution in [-0.4, -0.2) is 36.1 Å². The lowest BCUT2D eigenvalue weighted by atomic mass is 9.86. The highest BCUT2D eigenvalue weighted by Gasteiger charge is 2.33. The highest BCUT2D eigenvalue weighted by Crippen LogP contribution is 2.36. The van der Waals surface area contributed by atoms with Gasteiger partial charge >= 0.3 is 5.97 Å². The molecular formula is C17H25N3O3S. The second-order valence-corrected chi connectivity index (χ2v) is 7.79. The summed E-state index contributed by atoms with van der Waals surface area (Å²) in [5.74, 6) is 0.0817. The third-order valence-electron chi connectivity index (χ3n) is 4.96. The van der Waals surface area contributed by atoms with Crippen molar-refractivity contribution in [2.24, 2.45) is 11.7 Å². The number of rotatable bonds is 7. The van der Waals surface area contributed by atoms with Crippen LogP contribution < -0.4 is 11.1 Å².